The van der Waals surface area contributed by atoms with Gasteiger partial charge in [-0.25, -0.2) is 17.5 Å². The second-order valence-electron chi connectivity index (χ2n) is 6.52. The Morgan fingerprint density at radius 3 is 2.52 bits per heavy atom. The van der Waals surface area contributed by atoms with Crippen molar-refractivity contribution in [2.75, 3.05) is 0 Å². The summed E-state index contributed by atoms with van der Waals surface area (Å²) in [4.78, 5) is 4.26. The third-order valence-electron chi connectivity index (χ3n) is 4.47. The lowest BCUT2D eigenvalue weighted by molar-refractivity contribution is 0.0282. The van der Waals surface area contributed by atoms with Gasteiger partial charge in [0.25, 0.3) is 0 Å². The SMILES string of the molecule is O=S(=O)(Cc1ccc(F)cc1)N[C@H](Cc1ccccn1)C1CC(O)C1. The molecule has 0 aliphatic heterocycles. The number of nitrogens with zero attached hydrogens (tertiary/aromatic N) is 1. The molecule has 5 nitrogen and oxygen atoms in total. The number of sulfonamides is 1. The molecule has 1 aromatic carbocycles. The van der Waals surface area contributed by atoms with Gasteiger partial charge in [-0.1, -0.05) is 18.2 Å². The number of hydrogen-bond acceptors (Lipinski definition) is 4. The van der Waals surface area contributed by atoms with E-state index in [0.29, 0.717) is 24.8 Å². The highest BCUT2D eigenvalue weighted by Crippen LogP contribution is 2.32. The Kier molecular flexibility index (Phi) is 5.46. The lowest BCUT2D eigenvalue weighted by Crippen LogP contribution is -2.48. The third kappa shape index (κ3) is 5.07. The van der Waals surface area contributed by atoms with Gasteiger partial charge in [-0.15, -0.1) is 0 Å². The minimum Gasteiger partial charge on any atom is -0.393 e. The Morgan fingerprint density at radius 1 is 1.20 bits per heavy atom. The number of aliphatic hydroxyl groups excluding tert-OH is 1. The lowest BCUT2D eigenvalue weighted by atomic mass is 9.76. The summed E-state index contributed by atoms with van der Waals surface area (Å²) in [5, 5.41) is 9.56. The van der Waals surface area contributed by atoms with E-state index in [1.54, 1.807) is 6.20 Å². The Bertz CT molecular complexity index is 791. The topological polar surface area (TPSA) is 79.3 Å². The van der Waals surface area contributed by atoms with Gasteiger partial charge in [-0.3, -0.25) is 4.98 Å². The Hall–Kier alpha value is -1.83. The van der Waals surface area contributed by atoms with Gasteiger partial charge in [0.05, 0.1) is 11.9 Å². The summed E-state index contributed by atoms with van der Waals surface area (Å²) >= 11 is 0. The highest BCUT2D eigenvalue weighted by atomic mass is 32.2. The smallest absolute Gasteiger partial charge is 0.216 e. The number of aromatic nitrogens is 1. The maximum Gasteiger partial charge on any atom is 0.216 e. The van der Waals surface area contributed by atoms with Crippen LogP contribution in [0.1, 0.15) is 24.1 Å². The van der Waals surface area contributed by atoms with E-state index in [1.165, 1.54) is 24.3 Å². The first-order valence-electron chi connectivity index (χ1n) is 8.24. The van der Waals surface area contributed by atoms with E-state index in [9.17, 15) is 17.9 Å². The fourth-order valence-corrected chi connectivity index (χ4v) is 4.53. The highest BCUT2D eigenvalue weighted by Gasteiger charge is 2.36. The van der Waals surface area contributed by atoms with Crippen molar-refractivity contribution in [2.45, 2.75) is 37.2 Å². The third-order valence-corrected chi connectivity index (χ3v) is 5.85. The molecule has 1 saturated carbocycles. The van der Waals surface area contributed by atoms with Gasteiger partial charge in [0.2, 0.25) is 10.0 Å². The number of benzene rings is 1. The minimum absolute atomic E-state index is 0.0833. The molecule has 0 unspecified atom stereocenters. The quantitative estimate of drug-likeness (QED) is 0.788. The normalized spacial score (nSPS) is 21.5. The van der Waals surface area contributed by atoms with Crippen LogP contribution in [0.25, 0.3) is 0 Å². The van der Waals surface area contributed by atoms with Crippen molar-refractivity contribution in [2.24, 2.45) is 5.92 Å². The van der Waals surface area contributed by atoms with Gasteiger partial charge < -0.3 is 5.11 Å². The standard InChI is InChI=1S/C18H21FN2O3S/c19-15-6-4-13(5-7-15)12-25(23,24)21-18(14-9-17(22)10-14)11-16-3-1-2-8-20-16/h1-8,14,17-18,21-22H,9-12H2/t14?,17?,18-/m1/s1. The summed E-state index contributed by atoms with van der Waals surface area (Å²) < 4.78 is 40.8. The minimum atomic E-state index is -3.59. The number of pyridine rings is 1. The number of hydrogen-bond donors (Lipinski definition) is 2. The molecule has 0 radical (unpaired) electrons. The number of aliphatic hydroxyl groups is 1. The van der Waals surface area contributed by atoms with Crippen molar-refractivity contribution in [3.05, 3.63) is 65.7 Å². The predicted octanol–water partition coefficient (Wildman–Crippen LogP) is 2.02. The Labute approximate surface area is 147 Å². The summed E-state index contributed by atoms with van der Waals surface area (Å²) in [7, 11) is -3.59. The summed E-state index contributed by atoms with van der Waals surface area (Å²) in [5.41, 5.74) is 1.33. The second-order valence-corrected chi connectivity index (χ2v) is 8.27. The zero-order chi connectivity index (χ0) is 17.9. The summed E-state index contributed by atoms with van der Waals surface area (Å²) in [6.45, 7) is 0. The fourth-order valence-electron chi connectivity index (χ4n) is 3.08. The summed E-state index contributed by atoms with van der Waals surface area (Å²) in [6.07, 6.45) is 2.95. The highest BCUT2D eigenvalue weighted by molar-refractivity contribution is 7.88. The first-order valence-corrected chi connectivity index (χ1v) is 9.89. The van der Waals surface area contributed by atoms with Crippen molar-refractivity contribution in [1.82, 2.24) is 9.71 Å². The van der Waals surface area contributed by atoms with Crippen molar-refractivity contribution in [1.29, 1.82) is 0 Å². The van der Waals surface area contributed by atoms with Crippen LogP contribution in [-0.2, 0) is 22.2 Å². The van der Waals surface area contributed by atoms with Crippen LogP contribution in [-0.4, -0.2) is 30.7 Å². The Morgan fingerprint density at radius 2 is 1.92 bits per heavy atom. The molecule has 0 saturated heterocycles. The zero-order valence-electron chi connectivity index (χ0n) is 13.7. The van der Waals surface area contributed by atoms with Gasteiger partial charge in [0.1, 0.15) is 5.82 Å². The molecule has 0 spiro atoms. The molecule has 1 aromatic heterocycles. The molecule has 1 fully saturated rings. The molecular weight excluding hydrogens is 343 g/mol. The van der Waals surface area contributed by atoms with E-state index in [4.69, 9.17) is 0 Å². The summed E-state index contributed by atoms with van der Waals surface area (Å²) in [5.74, 6) is -0.521. The van der Waals surface area contributed by atoms with Crippen LogP contribution in [0, 0.1) is 11.7 Å². The van der Waals surface area contributed by atoms with Gasteiger partial charge in [-0.2, -0.15) is 0 Å². The molecule has 1 atom stereocenters. The molecule has 3 rings (SSSR count). The van der Waals surface area contributed by atoms with Gasteiger partial charge >= 0.3 is 0 Å². The average molecular weight is 364 g/mol. The van der Waals surface area contributed by atoms with Crippen LogP contribution < -0.4 is 4.72 Å². The largest absolute Gasteiger partial charge is 0.393 e. The van der Waals surface area contributed by atoms with E-state index >= 15 is 0 Å². The molecular formula is C18H21FN2O3S. The molecule has 1 aliphatic carbocycles. The maximum absolute atomic E-state index is 13.0. The van der Waals surface area contributed by atoms with E-state index in [1.807, 2.05) is 18.2 Å². The van der Waals surface area contributed by atoms with E-state index in [0.717, 1.165) is 5.69 Å². The van der Waals surface area contributed by atoms with Crippen LogP contribution in [0.15, 0.2) is 48.7 Å². The van der Waals surface area contributed by atoms with Crippen LogP contribution in [0.4, 0.5) is 4.39 Å². The molecule has 7 heteroatoms. The number of nitrogens with one attached hydrogen (secondary N) is 1. The first-order chi connectivity index (χ1) is 11.9. The second kappa shape index (κ2) is 7.59. The van der Waals surface area contributed by atoms with E-state index in [-0.39, 0.29) is 23.8 Å². The molecule has 2 N–H and O–H groups in total. The molecule has 25 heavy (non-hydrogen) atoms. The first kappa shape index (κ1) is 18.0. The van der Waals surface area contributed by atoms with E-state index in [2.05, 4.69) is 9.71 Å². The molecule has 2 aromatic rings. The lowest BCUT2D eigenvalue weighted by Gasteiger charge is -2.37. The molecule has 134 valence electrons. The molecule has 1 heterocycles. The molecule has 1 aliphatic rings. The van der Waals surface area contributed by atoms with Crippen molar-refractivity contribution in [3.63, 3.8) is 0 Å². The Balaban J connectivity index is 1.70. The molecule has 0 bridgehead atoms. The van der Waals surface area contributed by atoms with Crippen molar-refractivity contribution < 1.29 is 17.9 Å². The van der Waals surface area contributed by atoms with Crippen LogP contribution in [0.2, 0.25) is 0 Å². The summed E-state index contributed by atoms with van der Waals surface area (Å²) in [6, 6.07) is 10.6. The van der Waals surface area contributed by atoms with Crippen molar-refractivity contribution >= 4 is 10.0 Å². The zero-order valence-corrected chi connectivity index (χ0v) is 14.5. The predicted molar refractivity (Wildman–Crippen MR) is 92.6 cm³/mol. The van der Waals surface area contributed by atoms with Crippen LogP contribution in [0.5, 0.6) is 0 Å². The van der Waals surface area contributed by atoms with Gasteiger partial charge in [0, 0.05) is 24.4 Å². The number of rotatable bonds is 7. The fraction of sp³-hybridized carbons (Fsp3) is 0.389. The monoisotopic (exact) mass is 364 g/mol. The van der Waals surface area contributed by atoms with Gasteiger partial charge in [0.15, 0.2) is 0 Å². The van der Waals surface area contributed by atoms with Crippen LogP contribution in [0.3, 0.4) is 0 Å². The average Bonchev–Trinajstić information content (AvgIpc) is 2.54. The molecule has 0 amide bonds. The maximum atomic E-state index is 13.0. The number of halogens is 1. The van der Waals surface area contributed by atoms with Gasteiger partial charge in [-0.05, 0) is 48.6 Å². The van der Waals surface area contributed by atoms with Crippen LogP contribution >= 0.6 is 0 Å². The van der Waals surface area contributed by atoms with E-state index < -0.39 is 15.8 Å². The van der Waals surface area contributed by atoms with Crippen molar-refractivity contribution in [3.8, 4) is 0 Å².